The fourth-order valence-corrected chi connectivity index (χ4v) is 3.23. The number of halogens is 3. The highest BCUT2D eigenvalue weighted by Crippen LogP contribution is 2.22. The van der Waals surface area contributed by atoms with E-state index in [2.05, 4.69) is 26.2 Å². The summed E-state index contributed by atoms with van der Waals surface area (Å²) >= 11 is 15.5. The monoisotopic (exact) mass is 411 g/mol. The number of hydrogen-bond acceptors (Lipinski definition) is 2. The Morgan fingerprint density at radius 1 is 1.26 bits per heavy atom. The van der Waals surface area contributed by atoms with E-state index >= 15 is 0 Å². The van der Waals surface area contributed by atoms with Crippen molar-refractivity contribution in [3.05, 3.63) is 68.5 Å². The van der Waals surface area contributed by atoms with E-state index in [1.54, 1.807) is 22.7 Å². The lowest BCUT2D eigenvalue weighted by Crippen LogP contribution is -2.26. The van der Waals surface area contributed by atoms with Gasteiger partial charge in [0.2, 0.25) is 0 Å². The third-order valence-corrected chi connectivity index (χ3v) is 4.48. The molecule has 0 aliphatic heterocycles. The van der Waals surface area contributed by atoms with Gasteiger partial charge in [-0.2, -0.15) is 0 Å². The molecule has 0 fully saturated rings. The summed E-state index contributed by atoms with van der Waals surface area (Å²) in [5.41, 5.74) is 2.10. The SMILES string of the molecule is O=C(NCCc1cn2cc(Cl)cc(Cl)c2n1)c1ccccc1Br. The van der Waals surface area contributed by atoms with Gasteiger partial charge in [-0.05, 0) is 34.1 Å². The van der Waals surface area contributed by atoms with Crippen molar-refractivity contribution in [1.82, 2.24) is 14.7 Å². The van der Waals surface area contributed by atoms with E-state index in [1.807, 2.05) is 24.4 Å². The first kappa shape index (κ1) is 16.3. The van der Waals surface area contributed by atoms with Gasteiger partial charge in [-0.15, -0.1) is 0 Å². The number of fused-ring (bicyclic) bond motifs is 1. The van der Waals surface area contributed by atoms with Crippen LogP contribution in [0.4, 0.5) is 0 Å². The van der Waals surface area contributed by atoms with E-state index in [9.17, 15) is 4.79 Å². The zero-order valence-corrected chi connectivity index (χ0v) is 15.0. The van der Waals surface area contributed by atoms with Gasteiger partial charge in [-0.25, -0.2) is 4.98 Å². The molecule has 0 aliphatic carbocycles. The molecule has 3 aromatic rings. The molecular formula is C16H12BrCl2N3O. The maximum Gasteiger partial charge on any atom is 0.252 e. The van der Waals surface area contributed by atoms with Crippen LogP contribution in [0.3, 0.4) is 0 Å². The van der Waals surface area contributed by atoms with Gasteiger partial charge in [0.25, 0.3) is 5.91 Å². The summed E-state index contributed by atoms with van der Waals surface area (Å²) in [7, 11) is 0. The summed E-state index contributed by atoms with van der Waals surface area (Å²) in [4.78, 5) is 16.6. The zero-order valence-electron chi connectivity index (χ0n) is 11.9. The van der Waals surface area contributed by atoms with E-state index in [0.29, 0.717) is 34.2 Å². The van der Waals surface area contributed by atoms with Crippen LogP contribution in [-0.4, -0.2) is 21.8 Å². The average Bonchev–Trinajstić information content (AvgIpc) is 2.90. The van der Waals surface area contributed by atoms with Crippen molar-refractivity contribution in [2.24, 2.45) is 0 Å². The van der Waals surface area contributed by atoms with Crippen LogP contribution in [0.1, 0.15) is 16.1 Å². The smallest absolute Gasteiger partial charge is 0.252 e. The molecule has 0 radical (unpaired) electrons. The normalized spacial score (nSPS) is 10.9. The fourth-order valence-electron chi connectivity index (χ4n) is 2.24. The summed E-state index contributed by atoms with van der Waals surface area (Å²) in [5, 5.41) is 3.93. The number of nitrogens with one attached hydrogen (secondary N) is 1. The number of amides is 1. The van der Waals surface area contributed by atoms with Gasteiger partial charge in [0.1, 0.15) is 0 Å². The van der Waals surface area contributed by atoms with Crippen molar-refractivity contribution in [3.8, 4) is 0 Å². The maximum absolute atomic E-state index is 12.1. The first-order valence-corrected chi connectivity index (χ1v) is 8.45. The minimum absolute atomic E-state index is 0.123. The maximum atomic E-state index is 12.1. The van der Waals surface area contributed by atoms with Gasteiger partial charge in [-0.1, -0.05) is 35.3 Å². The second-order valence-electron chi connectivity index (χ2n) is 4.96. The van der Waals surface area contributed by atoms with Crippen LogP contribution in [0.5, 0.6) is 0 Å². The molecule has 0 unspecified atom stereocenters. The van der Waals surface area contributed by atoms with Crippen molar-refractivity contribution in [2.45, 2.75) is 6.42 Å². The Morgan fingerprint density at radius 3 is 2.83 bits per heavy atom. The van der Waals surface area contributed by atoms with E-state index in [1.165, 1.54) is 0 Å². The highest BCUT2D eigenvalue weighted by atomic mass is 79.9. The van der Waals surface area contributed by atoms with Crippen LogP contribution < -0.4 is 5.32 Å². The molecule has 0 saturated heterocycles. The Hall–Kier alpha value is -1.56. The first-order valence-electron chi connectivity index (χ1n) is 6.90. The first-order chi connectivity index (χ1) is 11.0. The number of rotatable bonds is 4. The highest BCUT2D eigenvalue weighted by molar-refractivity contribution is 9.10. The highest BCUT2D eigenvalue weighted by Gasteiger charge is 2.10. The second kappa shape index (κ2) is 6.91. The predicted molar refractivity (Wildman–Crippen MR) is 95.4 cm³/mol. The van der Waals surface area contributed by atoms with Gasteiger partial charge in [0, 0.05) is 29.8 Å². The lowest BCUT2D eigenvalue weighted by Gasteiger charge is -2.05. The Kier molecular flexibility index (Phi) is 4.90. The van der Waals surface area contributed by atoms with E-state index in [4.69, 9.17) is 23.2 Å². The summed E-state index contributed by atoms with van der Waals surface area (Å²) in [6, 6.07) is 8.96. The molecule has 118 valence electrons. The Balaban J connectivity index is 1.66. The van der Waals surface area contributed by atoms with Gasteiger partial charge in [-0.3, -0.25) is 4.79 Å². The number of hydrogen-bond donors (Lipinski definition) is 1. The number of carbonyl (C=O) groups excluding carboxylic acids is 1. The Morgan fingerprint density at radius 2 is 2.04 bits per heavy atom. The van der Waals surface area contributed by atoms with Crippen molar-refractivity contribution in [1.29, 1.82) is 0 Å². The number of nitrogens with zero attached hydrogens (tertiary/aromatic N) is 2. The van der Waals surface area contributed by atoms with Crippen LogP contribution in [0, 0.1) is 0 Å². The molecule has 4 nitrogen and oxygen atoms in total. The lowest BCUT2D eigenvalue weighted by atomic mass is 10.2. The van der Waals surface area contributed by atoms with E-state index in [0.717, 1.165) is 10.2 Å². The van der Waals surface area contributed by atoms with Crippen LogP contribution in [0.2, 0.25) is 10.0 Å². The third-order valence-electron chi connectivity index (χ3n) is 3.31. The molecule has 1 N–H and O–H groups in total. The molecule has 1 amide bonds. The fraction of sp³-hybridized carbons (Fsp3) is 0.125. The van der Waals surface area contributed by atoms with Gasteiger partial charge in [0.15, 0.2) is 5.65 Å². The molecule has 0 saturated carbocycles. The molecule has 0 spiro atoms. The third kappa shape index (κ3) is 3.68. The molecule has 3 rings (SSSR count). The number of benzene rings is 1. The quantitative estimate of drug-likeness (QED) is 0.691. The van der Waals surface area contributed by atoms with Gasteiger partial charge < -0.3 is 9.72 Å². The summed E-state index contributed by atoms with van der Waals surface area (Å²) in [6.07, 6.45) is 4.21. The van der Waals surface area contributed by atoms with Crippen LogP contribution in [0.15, 0.2) is 47.2 Å². The van der Waals surface area contributed by atoms with Crippen LogP contribution in [0.25, 0.3) is 5.65 Å². The summed E-state index contributed by atoms with van der Waals surface area (Å²) in [5.74, 6) is -0.123. The second-order valence-corrected chi connectivity index (χ2v) is 6.65. The number of carbonyl (C=O) groups is 1. The van der Waals surface area contributed by atoms with E-state index < -0.39 is 0 Å². The topological polar surface area (TPSA) is 46.4 Å². The molecular weight excluding hydrogens is 401 g/mol. The zero-order chi connectivity index (χ0) is 16.4. The molecule has 7 heteroatoms. The van der Waals surface area contributed by atoms with Gasteiger partial charge >= 0.3 is 0 Å². The van der Waals surface area contributed by atoms with Crippen LogP contribution >= 0.6 is 39.1 Å². The largest absolute Gasteiger partial charge is 0.352 e. The molecule has 0 atom stereocenters. The Labute approximate surface area is 151 Å². The predicted octanol–water partition coefficient (Wildman–Crippen LogP) is 4.38. The van der Waals surface area contributed by atoms with Crippen molar-refractivity contribution in [3.63, 3.8) is 0 Å². The molecule has 0 aliphatic rings. The molecule has 2 aromatic heterocycles. The van der Waals surface area contributed by atoms with Crippen molar-refractivity contribution in [2.75, 3.05) is 6.54 Å². The van der Waals surface area contributed by atoms with E-state index in [-0.39, 0.29) is 5.91 Å². The van der Waals surface area contributed by atoms with Crippen molar-refractivity contribution >= 4 is 50.7 Å². The molecule has 23 heavy (non-hydrogen) atoms. The minimum Gasteiger partial charge on any atom is -0.352 e. The average molecular weight is 413 g/mol. The molecule has 2 heterocycles. The van der Waals surface area contributed by atoms with Crippen LogP contribution in [-0.2, 0) is 6.42 Å². The van der Waals surface area contributed by atoms with Crippen molar-refractivity contribution < 1.29 is 4.79 Å². The number of pyridine rings is 1. The minimum atomic E-state index is -0.123. The van der Waals surface area contributed by atoms with Gasteiger partial charge in [0.05, 0.1) is 21.3 Å². The summed E-state index contributed by atoms with van der Waals surface area (Å²) in [6.45, 7) is 0.482. The lowest BCUT2D eigenvalue weighted by molar-refractivity contribution is 0.0953. The molecule has 0 bridgehead atoms. The standard InChI is InChI=1S/C16H12BrCl2N3O/c17-13-4-2-1-3-12(13)16(23)20-6-5-11-9-22-8-10(18)7-14(19)15(22)21-11/h1-4,7-9H,5-6H2,(H,20,23). The number of aromatic nitrogens is 2. The number of imidazole rings is 1. The molecule has 1 aromatic carbocycles. The Bertz CT molecular complexity index is 879. The summed E-state index contributed by atoms with van der Waals surface area (Å²) < 4.78 is 2.56.